The zero-order chi connectivity index (χ0) is 15.9. The van der Waals surface area contributed by atoms with Crippen molar-refractivity contribution in [2.75, 3.05) is 11.9 Å². The van der Waals surface area contributed by atoms with Crippen LogP contribution in [0.3, 0.4) is 0 Å². The molecule has 0 spiro atoms. The summed E-state index contributed by atoms with van der Waals surface area (Å²) in [5, 5.41) is 2.49. The van der Waals surface area contributed by atoms with Gasteiger partial charge in [-0.3, -0.25) is 4.79 Å². The summed E-state index contributed by atoms with van der Waals surface area (Å²) in [6.07, 6.45) is 0. The summed E-state index contributed by atoms with van der Waals surface area (Å²) in [6.45, 7) is 1.72. The van der Waals surface area contributed by atoms with Crippen LogP contribution in [0.1, 0.15) is 18.1 Å². The van der Waals surface area contributed by atoms with Crippen LogP contribution in [0.5, 0.6) is 0 Å². The minimum Gasteiger partial charge on any atom is -0.356 e. The number of ether oxygens (including phenoxy) is 1. The lowest BCUT2D eigenvalue weighted by Crippen LogP contribution is -2.39. The monoisotopic (exact) mass is 307 g/mol. The van der Waals surface area contributed by atoms with Gasteiger partial charge >= 0.3 is 0 Å². The molecule has 0 saturated heterocycles. The molecule has 0 radical (unpaired) electrons. The van der Waals surface area contributed by atoms with Crippen LogP contribution in [0.2, 0.25) is 0 Å². The number of hydrogen-bond donors (Lipinski definition) is 1. The van der Waals surface area contributed by atoms with E-state index in [1.54, 1.807) is 6.92 Å². The van der Waals surface area contributed by atoms with Crippen LogP contribution >= 0.6 is 0 Å². The number of anilines is 1. The van der Waals surface area contributed by atoms with Crippen molar-refractivity contribution >= 4 is 11.6 Å². The Labute approximate surface area is 124 Å². The Kier molecular flexibility index (Phi) is 3.41. The van der Waals surface area contributed by atoms with E-state index in [2.05, 4.69) is 5.32 Å². The van der Waals surface area contributed by atoms with Crippen LogP contribution in [0.4, 0.5) is 18.9 Å². The van der Waals surface area contributed by atoms with E-state index >= 15 is 0 Å². The molecule has 114 valence electrons. The van der Waals surface area contributed by atoms with Gasteiger partial charge in [0.2, 0.25) is 5.60 Å². The number of carbonyl (C=O) groups is 1. The van der Waals surface area contributed by atoms with E-state index in [0.29, 0.717) is 0 Å². The number of amides is 1. The molecule has 1 aliphatic rings. The van der Waals surface area contributed by atoms with Gasteiger partial charge in [0.05, 0.1) is 11.3 Å². The fourth-order valence-corrected chi connectivity index (χ4v) is 2.72. The molecule has 1 unspecified atom stereocenters. The molecule has 1 N–H and O–H groups in total. The van der Waals surface area contributed by atoms with Gasteiger partial charge in [0.25, 0.3) is 5.91 Å². The predicted octanol–water partition coefficient (Wildman–Crippen LogP) is 3.34. The molecule has 1 atom stereocenters. The second kappa shape index (κ2) is 5.14. The first kappa shape index (κ1) is 14.6. The van der Waals surface area contributed by atoms with Gasteiger partial charge in [-0.2, -0.15) is 0 Å². The molecule has 2 aromatic carbocycles. The van der Waals surface area contributed by atoms with Gasteiger partial charge in [-0.05, 0) is 36.8 Å². The molecule has 3 nitrogen and oxygen atoms in total. The maximum atomic E-state index is 14.3. The van der Waals surface area contributed by atoms with Gasteiger partial charge in [0, 0.05) is 6.61 Å². The van der Waals surface area contributed by atoms with Crippen molar-refractivity contribution in [1.82, 2.24) is 0 Å². The first-order chi connectivity index (χ1) is 10.5. The molecular weight excluding hydrogens is 295 g/mol. The van der Waals surface area contributed by atoms with E-state index in [-0.39, 0.29) is 23.4 Å². The molecule has 2 aromatic rings. The third-order valence-electron chi connectivity index (χ3n) is 3.63. The summed E-state index contributed by atoms with van der Waals surface area (Å²) in [7, 11) is 0. The van der Waals surface area contributed by atoms with Crippen LogP contribution in [0.25, 0.3) is 0 Å². The molecule has 3 rings (SSSR count). The SMILES string of the molecule is CCOC1(c2ccc(F)cc2)C(=O)Nc2ccc(F)c(F)c21. The van der Waals surface area contributed by atoms with Crippen molar-refractivity contribution in [3.05, 3.63) is 65.0 Å². The van der Waals surface area contributed by atoms with E-state index in [4.69, 9.17) is 4.74 Å². The van der Waals surface area contributed by atoms with Gasteiger partial charge in [-0.15, -0.1) is 0 Å². The second-order valence-electron chi connectivity index (χ2n) is 4.86. The standard InChI is InChI=1S/C16H12F3NO2/c1-2-22-16(9-3-5-10(17)6-4-9)13-12(20-15(16)21)8-7-11(18)14(13)19/h3-8H,2H2,1H3,(H,20,21). The van der Waals surface area contributed by atoms with Crippen molar-refractivity contribution < 1.29 is 22.7 Å². The molecule has 6 heteroatoms. The predicted molar refractivity (Wildman–Crippen MR) is 73.8 cm³/mol. The van der Waals surface area contributed by atoms with Crippen molar-refractivity contribution in [1.29, 1.82) is 0 Å². The van der Waals surface area contributed by atoms with E-state index in [0.717, 1.165) is 18.2 Å². The van der Waals surface area contributed by atoms with Crippen LogP contribution in [0.15, 0.2) is 36.4 Å². The molecule has 0 fully saturated rings. The maximum absolute atomic E-state index is 14.3. The average molecular weight is 307 g/mol. The molecule has 1 heterocycles. The topological polar surface area (TPSA) is 38.3 Å². The summed E-state index contributed by atoms with van der Waals surface area (Å²) in [5.41, 5.74) is -1.67. The molecule has 1 aliphatic heterocycles. The Balaban J connectivity index is 2.31. The summed E-state index contributed by atoms with van der Waals surface area (Å²) in [6, 6.07) is 7.13. The molecule has 0 aliphatic carbocycles. The molecule has 1 amide bonds. The Hall–Kier alpha value is -2.34. The van der Waals surface area contributed by atoms with Gasteiger partial charge in [0.1, 0.15) is 5.82 Å². The zero-order valence-corrected chi connectivity index (χ0v) is 11.6. The zero-order valence-electron chi connectivity index (χ0n) is 11.6. The summed E-state index contributed by atoms with van der Waals surface area (Å²) in [5.74, 6) is -3.38. The van der Waals surface area contributed by atoms with E-state index in [1.807, 2.05) is 0 Å². The van der Waals surface area contributed by atoms with E-state index < -0.39 is 29.0 Å². The Bertz CT molecular complexity index is 746. The number of nitrogens with one attached hydrogen (secondary N) is 1. The van der Waals surface area contributed by atoms with Crippen molar-refractivity contribution in [2.45, 2.75) is 12.5 Å². The highest BCUT2D eigenvalue weighted by molar-refractivity contribution is 6.07. The highest BCUT2D eigenvalue weighted by Gasteiger charge is 2.52. The lowest BCUT2D eigenvalue weighted by Gasteiger charge is -2.28. The second-order valence-corrected chi connectivity index (χ2v) is 4.86. The largest absolute Gasteiger partial charge is 0.356 e. The molecular formula is C16H12F3NO2. The number of benzene rings is 2. The third kappa shape index (κ3) is 1.91. The van der Waals surface area contributed by atoms with Crippen LogP contribution in [0, 0.1) is 17.5 Å². The minimum absolute atomic E-state index is 0.0835. The Morgan fingerprint density at radius 2 is 1.77 bits per heavy atom. The highest BCUT2D eigenvalue weighted by Crippen LogP contribution is 2.45. The lowest BCUT2D eigenvalue weighted by molar-refractivity contribution is -0.135. The molecule has 0 bridgehead atoms. The molecule has 0 aromatic heterocycles. The average Bonchev–Trinajstić information content (AvgIpc) is 2.78. The van der Waals surface area contributed by atoms with Gasteiger partial charge < -0.3 is 10.1 Å². The number of halogens is 3. The summed E-state index contributed by atoms with van der Waals surface area (Å²) < 4.78 is 46.7. The van der Waals surface area contributed by atoms with E-state index in [9.17, 15) is 18.0 Å². The fourth-order valence-electron chi connectivity index (χ4n) is 2.72. The first-order valence-electron chi connectivity index (χ1n) is 6.70. The quantitative estimate of drug-likeness (QED) is 0.944. The van der Waals surface area contributed by atoms with E-state index in [1.165, 1.54) is 18.2 Å². The maximum Gasteiger partial charge on any atom is 0.266 e. The molecule has 0 saturated carbocycles. The van der Waals surface area contributed by atoms with Crippen LogP contribution in [-0.4, -0.2) is 12.5 Å². The summed E-state index contributed by atoms with van der Waals surface area (Å²) in [4.78, 5) is 12.5. The first-order valence-corrected chi connectivity index (χ1v) is 6.70. The van der Waals surface area contributed by atoms with Gasteiger partial charge in [0.15, 0.2) is 11.6 Å². The van der Waals surface area contributed by atoms with Crippen molar-refractivity contribution in [3.8, 4) is 0 Å². The van der Waals surface area contributed by atoms with Gasteiger partial charge in [-0.1, -0.05) is 12.1 Å². The Morgan fingerprint density at radius 1 is 1.09 bits per heavy atom. The lowest BCUT2D eigenvalue weighted by atomic mass is 9.86. The van der Waals surface area contributed by atoms with Crippen LogP contribution < -0.4 is 5.32 Å². The number of fused-ring (bicyclic) bond motifs is 1. The Morgan fingerprint density at radius 3 is 2.41 bits per heavy atom. The van der Waals surface area contributed by atoms with Gasteiger partial charge in [-0.25, -0.2) is 13.2 Å². The van der Waals surface area contributed by atoms with Crippen molar-refractivity contribution in [3.63, 3.8) is 0 Å². The normalized spacial score (nSPS) is 19.9. The van der Waals surface area contributed by atoms with Crippen LogP contribution in [-0.2, 0) is 15.1 Å². The number of rotatable bonds is 3. The summed E-state index contributed by atoms with van der Waals surface area (Å²) >= 11 is 0. The highest BCUT2D eigenvalue weighted by atomic mass is 19.2. The molecule has 22 heavy (non-hydrogen) atoms. The minimum atomic E-state index is -1.83. The third-order valence-corrected chi connectivity index (χ3v) is 3.63. The van der Waals surface area contributed by atoms with Crippen molar-refractivity contribution in [2.24, 2.45) is 0 Å². The number of carbonyl (C=O) groups excluding carboxylic acids is 1. The number of hydrogen-bond acceptors (Lipinski definition) is 2. The smallest absolute Gasteiger partial charge is 0.266 e. The fraction of sp³-hybridized carbons (Fsp3) is 0.188.